The second-order valence-electron chi connectivity index (χ2n) is 6.11. The Bertz CT molecular complexity index is 672. The van der Waals surface area contributed by atoms with Gasteiger partial charge in [-0.2, -0.15) is 0 Å². The summed E-state index contributed by atoms with van der Waals surface area (Å²) < 4.78 is 0. The van der Waals surface area contributed by atoms with Gasteiger partial charge in [-0.15, -0.1) is 0 Å². The van der Waals surface area contributed by atoms with E-state index in [4.69, 9.17) is 10.2 Å². The van der Waals surface area contributed by atoms with Gasteiger partial charge in [0.2, 0.25) is 0 Å². The van der Waals surface area contributed by atoms with Gasteiger partial charge in [-0.25, -0.2) is 9.59 Å². The van der Waals surface area contributed by atoms with E-state index in [1.807, 2.05) is 32.0 Å². The van der Waals surface area contributed by atoms with Crippen LogP contribution in [0.2, 0.25) is 0 Å². The summed E-state index contributed by atoms with van der Waals surface area (Å²) in [6.07, 6.45) is 0.722. The molecule has 0 heterocycles. The number of carboxylic acids is 2. The van der Waals surface area contributed by atoms with Crippen molar-refractivity contribution in [2.24, 2.45) is 5.92 Å². The van der Waals surface area contributed by atoms with E-state index in [0.29, 0.717) is 5.92 Å². The van der Waals surface area contributed by atoms with E-state index in [0.717, 1.165) is 6.42 Å². The number of rotatable bonds is 4. The summed E-state index contributed by atoms with van der Waals surface area (Å²) in [5.41, 5.74) is 0.942. The number of ketones is 1. The Morgan fingerprint density at radius 1 is 0.808 bits per heavy atom. The highest BCUT2D eigenvalue weighted by Gasteiger charge is 2.13. The first-order valence-electron chi connectivity index (χ1n) is 8.21. The molecule has 0 saturated carbocycles. The average Bonchev–Trinajstić information content (AvgIpc) is 2.55. The molecular weight excluding hydrogens is 332 g/mol. The van der Waals surface area contributed by atoms with Gasteiger partial charge in [0.1, 0.15) is 5.78 Å². The average molecular weight is 358 g/mol. The minimum Gasteiger partial charge on any atom is -0.478 e. The molecule has 0 amide bonds. The smallest absolute Gasteiger partial charge is 0.336 e. The molecule has 5 heteroatoms. The molecule has 0 saturated heterocycles. The van der Waals surface area contributed by atoms with E-state index in [9.17, 15) is 14.4 Å². The molecular formula is C21H26O5. The molecule has 5 nitrogen and oxygen atoms in total. The Morgan fingerprint density at radius 3 is 1.38 bits per heavy atom. The van der Waals surface area contributed by atoms with E-state index in [1.165, 1.54) is 29.8 Å². The van der Waals surface area contributed by atoms with Crippen molar-refractivity contribution in [2.75, 3.05) is 0 Å². The fraction of sp³-hybridized carbons (Fsp3) is 0.286. The lowest BCUT2D eigenvalue weighted by molar-refractivity contribution is -0.117. The summed E-state index contributed by atoms with van der Waals surface area (Å²) in [7, 11) is 0. The molecule has 0 spiro atoms. The molecule has 140 valence electrons. The second kappa shape index (κ2) is 12.4. The van der Waals surface area contributed by atoms with E-state index in [-0.39, 0.29) is 16.9 Å². The van der Waals surface area contributed by atoms with Crippen LogP contribution in [0.4, 0.5) is 0 Å². The quantitative estimate of drug-likeness (QED) is 0.826. The Morgan fingerprint density at radius 2 is 1.19 bits per heavy atom. The van der Waals surface area contributed by atoms with Crippen molar-refractivity contribution in [3.8, 4) is 0 Å². The number of aryl methyl sites for hydroxylation is 1. The van der Waals surface area contributed by atoms with E-state index < -0.39 is 11.9 Å². The summed E-state index contributed by atoms with van der Waals surface area (Å²) in [5.74, 6) is -1.64. The van der Waals surface area contributed by atoms with E-state index in [2.05, 4.69) is 19.1 Å². The first-order chi connectivity index (χ1) is 12.1. The van der Waals surface area contributed by atoms with Crippen LogP contribution in [0.3, 0.4) is 0 Å². The summed E-state index contributed by atoms with van der Waals surface area (Å²) in [4.78, 5) is 31.2. The van der Waals surface area contributed by atoms with Gasteiger partial charge in [0.25, 0.3) is 0 Å². The van der Waals surface area contributed by atoms with Gasteiger partial charge in [-0.05, 0) is 31.9 Å². The fourth-order valence-corrected chi connectivity index (χ4v) is 1.97. The summed E-state index contributed by atoms with van der Waals surface area (Å²) >= 11 is 0. The summed E-state index contributed by atoms with van der Waals surface area (Å²) in [5, 5.41) is 17.1. The number of Topliss-reactive ketones (excluding diaryl/α,β-unsaturated/α-hetero) is 1. The Kier molecular flexibility index (Phi) is 11.0. The Balaban J connectivity index is 0.000000385. The van der Waals surface area contributed by atoms with Gasteiger partial charge in [0, 0.05) is 6.42 Å². The molecule has 0 radical (unpaired) electrons. The lowest BCUT2D eigenvalue weighted by Gasteiger charge is -1.98. The Hall–Kier alpha value is -2.95. The third kappa shape index (κ3) is 10.8. The van der Waals surface area contributed by atoms with Crippen LogP contribution < -0.4 is 0 Å². The number of carbonyl (C=O) groups is 3. The maximum Gasteiger partial charge on any atom is 0.336 e. The molecule has 0 aliphatic carbocycles. The first kappa shape index (κ1) is 23.1. The van der Waals surface area contributed by atoms with Crippen molar-refractivity contribution < 1.29 is 24.6 Å². The van der Waals surface area contributed by atoms with Crippen LogP contribution in [0.1, 0.15) is 53.5 Å². The third-order valence-corrected chi connectivity index (χ3v) is 3.02. The van der Waals surface area contributed by atoms with Crippen molar-refractivity contribution >= 4 is 17.7 Å². The SMILES string of the molecule is CC(=O)CC(C)C.Cc1ccccc1.O=C(O)c1ccccc1C(=O)O. The zero-order valence-electron chi connectivity index (χ0n) is 15.6. The van der Waals surface area contributed by atoms with Crippen LogP contribution in [-0.4, -0.2) is 27.9 Å². The largest absolute Gasteiger partial charge is 0.478 e. The van der Waals surface area contributed by atoms with Crippen LogP contribution in [-0.2, 0) is 4.79 Å². The minimum absolute atomic E-state index is 0.190. The first-order valence-corrected chi connectivity index (χ1v) is 8.21. The lowest BCUT2D eigenvalue weighted by atomic mass is 10.1. The van der Waals surface area contributed by atoms with Crippen molar-refractivity contribution in [3.63, 3.8) is 0 Å². The predicted molar refractivity (Wildman–Crippen MR) is 102 cm³/mol. The van der Waals surface area contributed by atoms with Crippen molar-refractivity contribution in [1.29, 1.82) is 0 Å². The van der Waals surface area contributed by atoms with Gasteiger partial charge in [-0.1, -0.05) is 61.9 Å². The molecule has 0 bridgehead atoms. The molecule has 0 aliphatic rings. The van der Waals surface area contributed by atoms with Gasteiger partial charge < -0.3 is 15.0 Å². The molecule has 2 rings (SSSR count). The van der Waals surface area contributed by atoms with E-state index in [1.54, 1.807) is 6.92 Å². The normalized spacial score (nSPS) is 9.27. The van der Waals surface area contributed by atoms with Gasteiger partial charge in [0.15, 0.2) is 0 Å². The van der Waals surface area contributed by atoms with Gasteiger partial charge in [-0.3, -0.25) is 0 Å². The van der Waals surface area contributed by atoms with E-state index >= 15 is 0 Å². The number of carbonyl (C=O) groups excluding carboxylic acids is 1. The number of carboxylic acid groups (broad SMARTS) is 2. The maximum atomic E-state index is 10.5. The monoisotopic (exact) mass is 358 g/mol. The molecule has 2 N–H and O–H groups in total. The maximum absolute atomic E-state index is 10.5. The van der Waals surface area contributed by atoms with Crippen molar-refractivity contribution in [2.45, 2.75) is 34.1 Å². The highest BCUT2D eigenvalue weighted by molar-refractivity contribution is 6.01. The predicted octanol–water partition coefficient (Wildman–Crippen LogP) is 4.70. The summed E-state index contributed by atoms with van der Waals surface area (Å²) in [6.45, 7) is 7.79. The van der Waals surface area contributed by atoms with Crippen LogP contribution >= 0.6 is 0 Å². The van der Waals surface area contributed by atoms with Crippen molar-refractivity contribution in [3.05, 3.63) is 71.3 Å². The highest BCUT2D eigenvalue weighted by atomic mass is 16.4. The van der Waals surface area contributed by atoms with Crippen LogP contribution in [0.5, 0.6) is 0 Å². The standard InChI is InChI=1S/C8H6O4.C7H8.C6H12O/c9-7(10)5-3-1-2-4-6(5)8(11)12;1-7-5-3-2-4-6-7;1-5(2)4-6(3)7/h1-4H,(H,9,10)(H,11,12);2-6H,1H3;5H,4H2,1-3H3. The number of aromatic carboxylic acids is 2. The highest BCUT2D eigenvalue weighted by Crippen LogP contribution is 2.07. The van der Waals surface area contributed by atoms with Crippen LogP contribution in [0, 0.1) is 12.8 Å². The summed E-state index contributed by atoms with van der Waals surface area (Å²) in [6, 6.07) is 15.7. The molecule has 2 aromatic rings. The van der Waals surface area contributed by atoms with Gasteiger partial charge in [0.05, 0.1) is 11.1 Å². The number of hydrogen-bond donors (Lipinski definition) is 2. The number of benzene rings is 2. The Labute approximate surface area is 154 Å². The molecule has 0 unspecified atom stereocenters. The molecule has 0 aromatic heterocycles. The third-order valence-electron chi connectivity index (χ3n) is 3.02. The molecule has 0 aliphatic heterocycles. The molecule has 26 heavy (non-hydrogen) atoms. The van der Waals surface area contributed by atoms with Gasteiger partial charge >= 0.3 is 11.9 Å². The zero-order chi connectivity index (χ0) is 20.1. The fourth-order valence-electron chi connectivity index (χ4n) is 1.97. The molecule has 2 aromatic carbocycles. The number of hydrogen-bond acceptors (Lipinski definition) is 3. The van der Waals surface area contributed by atoms with Crippen LogP contribution in [0.25, 0.3) is 0 Å². The van der Waals surface area contributed by atoms with Crippen molar-refractivity contribution in [1.82, 2.24) is 0 Å². The van der Waals surface area contributed by atoms with Crippen LogP contribution in [0.15, 0.2) is 54.6 Å². The molecule has 0 atom stereocenters. The minimum atomic E-state index is -1.23. The zero-order valence-corrected chi connectivity index (χ0v) is 15.6. The topological polar surface area (TPSA) is 91.7 Å². The molecule has 0 fully saturated rings. The second-order valence-corrected chi connectivity index (χ2v) is 6.11. The lowest BCUT2D eigenvalue weighted by Crippen LogP contribution is -2.06.